The maximum absolute atomic E-state index is 12.8. The Morgan fingerprint density at radius 1 is 1.21 bits per heavy atom. The molecule has 2 aromatic rings. The second-order valence-electron chi connectivity index (χ2n) is 7.58. The summed E-state index contributed by atoms with van der Waals surface area (Å²) in [6.45, 7) is 6.22. The van der Waals surface area contributed by atoms with E-state index in [0.29, 0.717) is 17.9 Å². The highest BCUT2D eigenvalue weighted by Gasteiger charge is 2.40. The summed E-state index contributed by atoms with van der Waals surface area (Å²) in [5.74, 6) is 0.428. The predicted octanol–water partition coefficient (Wildman–Crippen LogP) is 4.57. The van der Waals surface area contributed by atoms with Gasteiger partial charge < -0.3 is 9.84 Å². The molecule has 0 unspecified atom stereocenters. The van der Waals surface area contributed by atoms with Crippen molar-refractivity contribution in [2.24, 2.45) is 11.8 Å². The van der Waals surface area contributed by atoms with Gasteiger partial charge in [-0.2, -0.15) is 0 Å². The molecule has 1 saturated carbocycles. The first-order valence-corrected chi connectivity index (χ1v) is 8.79. The van der Waals surface area contributed by atoms with Crippen LogP contribution in [0.25, 0.3) is 10.8 Å². The fourth-order valence-electron chi connectivity index (χ4n) is 3.91. The Morgan fingerprint density at radius 2 is 1.92 bits per heavy atom. The van der Waals surface area contributed by atoms with Crippen molar-refractivity contribution in [2.75, 3.05) is 0 Å². The number of esters is 1. The Labute approximate surface area is 143 Å². The third-order valence-corrected chi connectivity index (χ3v) is 5.35. The summed E-state index contributed by atoms with van der Waals surface area (Å²) >= 11 is 0. The zero-order valence-electron chi connectivity index (χ0n) is 14.7. The molecule has 2 aromatic carbocycles. The third kappa shape index (κ3) is 3.32. The maximum Gasteiger partial charge on any atom is 0.339 e. The number of hydrogen-bond donors (Lipinski definition) is 1. The van der Waals surface area contributed by atoms with Crippen molar-refractivity contribution in [3.8, 4) is 0 Å². The zero-order valence-corrected chi connectivity index (χ0v) is 14.7. The van der Waals surface area contributed by atoms with Crippen molar-refractivity contribution in [3.63, 3.8) is 0 Å². The molecular weight excluding hydrogens is 300 g/mol. The second kappa shape index (κ2) is 6.56. The van der Waals surface area contributed by atoms with E-state index >= 15 is 0 Å². The van der Waals surface area contributed by atoms with Gasteiger partial charge in [0.2, 0.25) is 0 Å². The molecule has 1 N–H and O–H groups in total. The van der Waals surface area contributed by atoms with E-state index in [2.05, 4.69) is 13.8 Å². The Balaban J connectivity index is 1.79. The monoisotopic (exact) mass is 326 g/mol. The average molecular weight is 326 g/mol. The summed E-state index contributed by atoms with van der Waals surface area (Å²) in [6.07, 6.45) is 1.78. The molecule has 3 heteroatoms. The molecule has 0 saturated heterocycles. The number of carbonyl (C=O) groups excluding carboxylic acids is 1. The molecule has 1 aliphatic carbocycles. The first kappa shape index (κ1) is 17.0. The van der Waals surface area contributed by atoms with Crippen LogP contribution in [0, 0.1) is 11.8 Å². The van der Waals surface area contributed by atoms with Gasteiger partial charge in [0.25, 0.3) is 0 Å². The highest BCUT2D eigenvalue weighted by Crippen LogP contribution is 2.38. The lowest BCUT2D eigenvalue weighted by molar-refractivity contribution is -0.0815. The van der Waals surface area contributed by atoms with Gasteiger partial charge in [0.1, 0.15) is 5.60 Å². The first-order chi connectivity index (χ1) is 11.4. The molecule has 24 heavy (non-hydrogen) atoms. The molecule has 3 rings (SSSR count). The maximum atomic E-state index is 12.8. The van der Waals surface area contributed by atoms with Crippen molar-refractivity contribution in [2.45, 2.75) is 51.7 Å². The highest BCUT2D eigenvalue weighted by molar-refractivity contribution is 6.04. The molecule has 1 fully saturated rings. The Hall–Kier alpha value is -1.87. The van der Waals surface area contributed by atoms with Crippen LogP contribution in [0.15, 0.2) is 42.5 Å². The Kier molecular flexibility index (Phi) is 4.64. The number of ether oxygens (including phenoxy) is 1. The van der Waals surface area contributed by atoms with Crippen molar-refractivity contribution < 1.29 is 14.6 Å². The molecule has 3 atom stereocenters. The third-order valence-electron chi connectivity index (χ3n) is 5.35. The van der Waals surface area contributed by atoms with E-state index in [1.807, 2.05) is 49.4 Å². The van der Waals surface area contributed by atoms with E-state index in [9.17, 15) is 9.90 Å². The molecule has 0 aromatic heterocycles. The smallest absolute Gasteiger partial charge is 0.339 e. The van der Waals surface area contributed by atoms with Gasteiger partial charge in [-0.15, -0.1) is 0 Å². The summed E-state index contributed by atoms with van der Waals surface area (Å²) in [5, 5.41) is 12.4. The molecule has 3 nitrogen and oxygen atoms in total. The molecular formula is C21H26O3. The number of fused-ring (bicyclic) bond motifs is 1. The van der Waals surface area contributed by atoms with E-state index in [0.717, 1.165) is 23.6 Å². The van der Waals surface area contributed by atoms with E-state index in [-0.39, 0.29) is 11.9 Å². The largest absolute Gasteiger partial charge is 0.456 e. The molecule has 1 aliphatic rings. The fourth-order valence-corrected chi connectivity index (χ4v) is 3.91. The van der Waals surface area contributed by atoms with E-state index in [1.54, 1.807) is 0 Å². The summed E-state index contributed by atoms with van der Waals surface area (Å²) in [7, 11) is 0. The normalized spacial score (nSPS) is 27.4. The summed E-state index contributed by atoms with van der Waals surface area (Å²) in [4.78, 5) is 12.8. The van der Waals surface area contributed by atoms with Gasteiger partial charge in [-0.25, -0.2) is 4.79 Å². The number of rotatable bonds is 3. The van der Waals surface area contributed by atoms with Crippen molar-refractivity contribution >= 4 is 16.7 Å². The molecule has 0 radical (unpaired) electrons. The van der Waals surface area contributed by atoms with Crippen molar-refractivity contribution in [1.82, 2.24) is 0 Å². The van der Waals surface area contributed by atoms with Crippen LogP contribution in [-0.4, -0.2) is 22.8 Å². The molecule has 0 bridgehead atoms. The Bertz CT molecular complexity index is 731. The number of carbonyl (C=O) groups is 1. The standard InChI is InChI=1S/C21H26O3/c1-14(2)16-11-12-21(3,13-19(16)22)24-20(23)18-10-6-8-15-7-4-5-9-17(15)18/h4-10,14,16,19,22H,11-13H2,1-3H3/t16-,19+,21+/m0/s1. The fraction of sp³-hybridized carbons (Fsp3) is 0.476. The van der Waals surface area contributed by atoms with E-state index < -0.39 is 11.7 Å². The van der Waals surface area contributed by atoms with Crippen LogP contribution in [0.2, 0.25) is 0 Å². The zero-order chi connectivity index (χ0) is 17.3. The van der Waals surface area contributed by atoms with Crippen LogP contribution >= 0.6 is 0 Å². The van der Waals surface area contributed by atoms with Gasteiger partial charge in [-0.3, -0.25) is 0 Å². The van der Waals surface area contributed by atoms with E-state index in [1.165, 1.54) is 0 Å². The van der Waals surface area contributed by atoms with Gasteiger partial charge in [-0.1, -0.05) is 50.2 Å². The summed E-state index contributed by atoms with van der Waals surface area (Å²) in [6, 6.07) is 13.5. The van der Waals surface area contributed by atoms with Gasteiger partial charge in [0, 0.05) is 6.42 Å². The number of aliphatic hydroxyl groups excluding tert-OH is 1. The Morgan fingerprint density at radius 3 is 2.62 bits per heavy atom. The summed E-state index contributed by atoms with van der Waals surface area (Å²) < 4.78 is 5.87. The minimum absolute atomic E-state index is 0.286. The lowest BCUT2D eigenvalue weighted by Crippen LogP contribution is -2.44. The minimum Gasteiger partial charge on any atom is -0.456 e. The SMILES string of the molecule is CC(C)[C@@H]1CC[C@@](C)(OC(=O)c2cccc3ccccc23)C[C@H]1O. The number of benzene rings is 2. The molecule has 128 valence electrons. The van der Waals surface area contributed by atoms with Crippen molar-refractivity contribution in [1.29, 1.82) is 0 Å². The lowest BCUT2D eigenvalue weighted by atomic mass is 9.73. The van der Waals surface area contributed by atoms with Crippen LogP contribution < -0.4 is 0 Å². The van der Waals surface area contributed by atoms with E-state index in [4.69, 9.17) is 4.74 Å². The number of hydrogen-bond acceptors (Lipinski definition) is 3. The quantitative estimate of drug-likeness (QED) is 0.840. The van der Waals surface area contributed by atoms with Gasteiger partial charge >= 0.3 is 5.97 Å². The van der Waals surface area contributed by atoms with Crippen molar-refractivity contribution in [3.05, 3.63) is 48.0 Å². The average Bonchev–Trinajstić information content (AvgIpc) is 2.53. The molecule has 0 heterocycles. The van der Waals surface area contributed by atoms with Gasteiger partial charge in [-0.05, 0) is 48.4 Å². The summed E-state index contributed by atoms with van der Waals surface area (Å²) in [5.41, 5.74) is -0.00597. The van der Waals surface area contributed by atoms with Crippen LogP contribution in [0.4, 0.5) is 0 Å². The van der Waals surface area contributed by atoms with Gasteiger partial charge in [0.15, 0.2) is 0 Å². The first-order valence-electron chi connectivity index (χ1n) is 8.79. The predicted molar refractivity (Wildman–Crippen MR) is 96.0 cm³/mol. The molecule has 0 amide bonds. The second-order valence-corrected chi connectivity index (χ2v) is 7.58. The van der Waals surface area contributed by atoms with Crippen LogP contribution in [0.5, 0.6) is 0 Å². The molecule has 0 aliphatic heterocycles. The highest BCUT2D eigenvalue weighted by atomic mass is 16.6. The number of aliphatic hydroxyl groups is 1. The topological polar surface area (TPSA) is 46.5 Å². The minimum atomic E-state index is -0.598. The molecule has 0 spiro atoms. The van der Waals surface area contributed by atoms with Crippen LogP contribution in [0.3, 0.4) is 0 Å². The van der Waals surface area contributed by atoms with Gasteiger partial charge in [0.05, 0.1) is 11.7 Å². The van der Waals surface area contributed by atoms with Crippen LogP contribution in [-0.2, 0) is 4.74 Å². The van der Waals surface area contributed by atoms with Crippen LogP contribution in [0.1, 0.15) is 50.4 Å². The lowest BCUT2D eigenvalue weighted by Gasteiger charge is -2.41.